The predicted octanol–water partition coefficient (Wildman–Crippen LogP) is 2.27. The van der Waals surface area contributed by atoms with Crippen LogP contribution in [0.25, 0.3) is 17.0 Å². The Hall–Kier alpha value is -2.71. The average molecular weight is 394 g/mol. The molecule has 8 heteroatoms. The third-order valence-electron chi connectivity index (χ3n) is 5.44. The Morgan fingerprint density at radius 3 is 2.38 bits per heavy atom. The number of fused-ring (bicyclic) bond motifs is 1. The minimum atomic E-state index is 0.165. The van der Waals surface area contributed by atoms with E-state index in [4.69, 9.17) is 19.4 Å². The number of benzene rings is 1. The lowest BCUT2D eigenvalue weighted by Crippen LogP contribution is -2.46. The molecule has 29 heavy (non-hydrogen) atoms. The Kier molecular flexibility index (Phi) is 4.81. The number of imidazole rings is 1. The van der Waals surface area contributed by atoms with Crippen molar-refractivity contribution in [2.75, 3.05) is 49.2 Å². The van der Waals surface area contributed by atoms with Gasteiger partial charge in [-0.05, 0) is 26.0 Å². The van der Waals surface area contributed by atoms with Gasteiger partial charge in [0.15, 0.2) is 0 Å². The molecule has 2 aromatic heterocycles. The Balaban J connectivity index is 1.60. The first-order valence-electron chi connectivity index (χ1n) is 10.2. The summed E-state index contributed by atoms with van der Waals surface area (Å²) in [6, 6.07) is 10.2. The van der Waals surface area contributed by atoms with Gasteiger partial charge in [-0.15, -0.1) is 0 Å². The maximum atomic E-state index is 5.92. The molecule has 2 unspecified atom stereocenters. The van der Waals surface area contributed by atoms with Gasteiger partial charge in [0.05, 0.1) is 36.5 Å². The molecule has 4 heterocycles. The van der Waals surface area contributed by atoms with Crippen LogP contribution >= 0.6 is 0 Å². The highest BCUT2D eigenvalue weighted by Gasteiger charge is 2.25. The summed E-state index contributed by atoms with van der Waals surface area (Å²) in [6.45, 7) is 8.94. The van der Waals surface area contributed by atoms with Crippen LogP contribution in [0.4, 0.5) is 11.6 Å². The summed E-state index contributed by atoms with van der Waals surface area (Å²) in [5.74, 6) is 2.50. The van der Waals surface area contributed by atoms with Crippen molar-refractivity contribution in [3.63, 3.8) is 0 Å². The molecule has 2 fully saturated rings. The van der Waals surface area contributed by atoms with E-state index < -0.39 is 0 Å². The monoisotopic (exact) mass is 394 g/mol. The van der Waals surface area contributed by atoms with Gasteiger partial charge < -0.3 is 19.3 Å². The largest absolute Gasteiger partial charge is 0.378 e. The third kappa shape index (κ3) is 3.65. The lowest BCUT2D eigenvalue weighted by molar-refractivity contribution is -0.00546. The highest BCUT2D eigenvalue weighted by molar-refractivity contribution is 5.76. The molecule has 1 aromatic carbocycles. The molecule has 2 aliphatic heterocycles. The van der Waals surface area contributed by atoms with Crippen LogP contribution < -0.4 is 9.80 Å². The van der Waals surface area contributed by atoms with E-state index >= 15 is 0 Å². The molecule has 0 bridgehead atoms. The average Bonchev–Trinajstić information content (AvgIpc) is 3.18. The second kappa shape index (κ2) is 7.61. The van der Waals surface area contributed by atoms with Crippen LogP contribution in [-0.2, 0) is 9.47 Å². The summed E-state index contributed by atoms with van der Waals surface area (Å²) in [7, 11) is 0. The number of rotatable bonds is 3. The number of morpholine rings is 2. The van der Waals surface area contributed by atoms with Crippen LogP contribution in [0.2, 0.25) is 0 Å². The third-order valence-corrected chi connectivity index (χ3v) is 5.44. The predicted molar refractivity (Wildman–Crippen MR) is 112 cm³/mol. The van der Waals surface area contributed by atoms with Gasteiger partial charge in [-0.25, -0.2) is 4.98 Å². The van der Waals surface area contributed by atoms with Crippen LogP contribution in [0.1, 0.15) is 13.8 Å². The summed E-state index contributed by atoms with van der Waals surface area (Å²) in [4.78, 5) is 18.9. The summed E-state index contributed by atoms with van der Waals surface area (Å²) in [5.41, 5.74) is 1.93. The zero-order valence-electron chi connectivity index (χ0n) is 16.9. The summed E-state index contributed by atoms with van der Waals surface area (Å²) in [6.07, 6.45) is 2.13. The van der Waals surface area contributed by atoms with Crippen molar-refractivity contribution in [2.45, 2.75) is 26.1 Å². The van der Waals surface area contributed by atoms with Crippen LogP contribution in [0.5, 0.6) is 0 Å². The Morgan fingerprint density at radius 2 is 1.62 bits per heavy atom. The number of para-hydroxylation sites is 2. The zero-order valence-corrected chi connectivity index (χ0v) is 16.9. The quantitative estimate of drug-likeness (QED) is 0.675. The molecule has 152 valence electrons. The standard InChI is InChI=1S/C21H26N6O2/c1-15-12-26(13-16(2)29-15)20-11-19(25-7-9-28-10-8-25)23-21(24-20)27-14-22-17-5-3-4-6-18(17)27/h3-6,11,14-16H,7-10,12-13H2,1-2H3. The molecule has 5 rings (SSSR count). The van der Waals surface area contributed by atoms with E-state index in [0.717, 1.165) is 48.8 Å². The summed E-state index contributed by atoms with van der Waals surface area (Å²) < 4.78 is 13.4. The molecule has 0 radical (unpaired) electrons. The molecule has 2 saturated heterocycles. The second-order valence-corrected chi connectivity index (χ2v) is 7.75. The fraction of sp³-hybridized carbons (Fsp3) is 0.476. The van der Waals surface area contributed by atoms with E-state index in [1.165, 1.54) is 0 Å². The lowest BCUT2D eigenvalue weighted by Gasteiger charge is -2.36. The van der Waals surface area contributed by atoms with Gasteiger partial charge >= 0.3 is 0 Å². The van der Waals surface area contributed by atoms with Gasteiger partial charge in [-0.1, -0.05) is 12.1 Å². The minimum Gasteiger partial charge on any atom is -0.378 e. The van der Waals surface area contributed by atoms with E-state index in [9.17, 15) is 0 Å². The molecular formula is C21H26N6O2. The smallest absolute Gasteiger partial charge is 0.239 e. The van der Waals surface area contributed by atoms with Gasteiger partial charge in [-0.2, -0.15) is 9.97 Å². The fourth-order valence-corrected chi connectivity index (χ4v) is 4.12. The van der Waals surface area contributed by atoms with Crippen molar-refractivity contribution < 1.29 is 9.47 Å². The van der Waals surface area contributed by atoms with E-state index in [-0.39, 0.29) is 12.2 Å². The van der Waals surface area contributed by atoms with Crippen LogP contribution in [-0.4, -0.2) is 71.1 Å². The highest BCUT2D eigenvalue weighted by atomic mass is 16.5. The first-order chi connectivity index (χ1) is 14.2. The van der Waals surface area contributed by atoms with Gasteiger partial charge in [0.25, 0.3) is 0 Å². The van der Waals surface area contributed by atoms with E-state index in [1.807, 2.05) is 28.8 Å². The first-order valence-corrected chi connectivity index (χ1v) is 10.2. The minimum absolute atomic E-state index is 0.165. The lowest BCUT2D eigenvalue weighted by atomic mass is 10.2. The van der Waals surface area contributed by atoms with Crippen molar-refractivity contribution in [3.8, 4) is 5.95 Å². The number of anilines is 2. The SMILES string of the molecule is CC1CN(c2cc(N3CCOCC3)nc(-n3cnc4ccccc43)n2)CC(C)O1. The molecule has 8 nitrogen and oxygen atoms in total. The summed E-state index contributed by atoms with van der Waals surface area (Å²) >= 11 is 0. The molecule has 0 spiro atoms. The van der Waals surface area contributed by atoms with Gasteiger partial charge in [-0.3, -0.25) is 4.57 Å². The first kappa shape index (κ1) is 18.3. The van der Waals surface area contributed by atoms with Crippen LogP contribution in [0.15, 0.2) is 36.7 Å². The Labute approximate surface area is 170 Å². The number of ether oxygens (including phenoxy) is 2. The van der Waals surface area contributed by atoms with E-state index in [0.29, 0.717) is 19.2 Å². The van der Waals surface area contributed by atoms with E-state index in [2.05, 4.69) is 34.7 Å². The van der Waals surface area contributed by atoms with Crippen molar-refractivity contribution >= 4 is 22.7 Å². The zero-order chi connectivity index (χ0) is 19.8. The van der Waals surface area contributed by atoms with Crippen molar-refractivity contribution in [1.29, 1.82) is 0 Å². The molecule has 0 saturated carbocycles. The maximum absolute atomic E-state index is 5.92. The normalized spacial score (nSPS) is 23.0. The number of aromatic nitrogens is 4. The van der Waals surface area contributed by atoms with Gasteiger partial charge in [0, 0.05) is 32.2 Å². The number of hydrogen-bond acceptors (Lipinski definition) is 7. The molecule has 2 atom stereocenters. The number of nitrogens with zero attached hydrogens (tertiary/aromatic N) is 6. The van der Waals surface area contributed by atoms with Crippen molar-refractivity contribution in [1.82, 2.24) is 19.5 Å². The summed E-state index contributed by atoms with van der Waals surface area (Å²) in [5, 5.41) is 0. The van der Waals surface area contributed by atoms with Gasteiger partial charge in [0.1, 0.15) is 18.0 Å². The molecule has 2 aliphatic rings. The molecule has 0 aliphatic carbocycles. The maximum Gasteiger partial charge on any atom is 0.239 e. The van der Waals surface area contributed by atoms with Crippen LogP contribution in [0.3, 0.4) is 0 Å². The Morgan fingerprint density at radius 1 is 0.931 bits per heavy atom. The van der Waals surface area contributed by atoms with Crippen LogP contribution in [0, 0.1) is 0 Å². The van der Waals surface area contributed by atoms with E-state index in [1.54, 1.807) is 6.33 Å². The highest BCUT2D eigenvalue weighted by Crippen LogP contribution is 2.26. The number of hydrogen-bond donors (Lipinski definition) is 0. The second-order valence-electron chi connectivity index (χ2n) is 7.75. The molecule has 3 aromatic rings. The molecular weight excluding hydrogens is 368 g/mol. The fourth-order valence-electron chi connectivity index (χ4n) is 4.12. The van der Waals surface area contributed by atoms with Crippen molar-refractivity contribution in [3.05, 3.63) is 36.7 Å². The topological polar surface area (TPSA) is 68.5 Å². The Bertz CT molecular complexity index is 990. The van der Waals surface area contributed by atoms with Gasteiger partial charge in [0.2, 0.25) is 5.95 Å². The van der Waals surface area contributed by atoms with Crippen molar-refractivity contribution in [2.24, 2.45) is 0 Å². The molecule has 0 amide bonds. The molecule has 0 N–H and O–H groups in total.